The summed E-state index contributed by atoms with van der Waals surface area (Å²) in [4.78, 5) is 25.8. The van der Waals surface area contributed by atoms with Gasteiger partial charge in [-0.05, 0) is 6.92 Å². The third-order valence-electron chi connectivity index (χ3n) is 2.33. The van der Waals surface area contributed by atoms with Crippen molar-refractivity contribution in [3.8, 4) is 0 Å². The van der Waals surface area contributed by atoms with Gasteiger partial charge < -0.3 is 20.3 Å². The lowest BCUT2D eigenvalue weighted by molar-refractivity contribution is -0.131. The van der Waals surface area contributed by atoms with Crippen LogP contribution in [0.5, 0.6) is 0 Å². The Morgan fingerprint density at radius 3 is 2.12 bits per heavy atom. The molecule has 0 aromatic carbocycles. The Labute approximate surface area is 101 Å². The van der Waals surface area contributed by atoms with E-state index in [1.165, 1.54) is 0 Å². The predicted molar refractivity (Wildman–Crippen MR) is 61.5 cm³/mol. The first-order valence-electron chi connectivity index (χ1n) is 5.08. The van der Waals surface area contributed by atoms with Gasteiger partial charge in [-0.1, -0.05) is 0 Å². The van der Waals surface area contributed by atoms with E-state index in [4.69, 9.17) is 10.5 Å². The topological polar surface area (TPSA) is 75.9 Å². The maximum Gasteiger partial charge on any atom is 0.409 e. The maximum absolute atomic E-state index is 11.3. The van der Waals surface area contributed by atoms with Gasteiger partial charge in [0, 0.05) is 26.2 Å². The highest BCUT2D eigenvalue weighted by Crippen LogP contribution is 2.03. The molecule has 0 aromatic heterocycles. The van der Waals surface area contributed by atoms with E-state index in [1.54, 1.807) is 16.7 Å². The molecule has 1 heterocycles. The second kappa shape index (κ2) is 7.29. The Morgan fingerprint density at radius 2 is 1.69 bits per heavy atom. The highest BCUT2D eigenvalue weighted by molar-refractivity contribution is 5.85. The fraction of sp³-hybridized carbons (Fsp3) is 0.778. The average molecular weight is 252 g/mol. The van der Waals surface area contributed by atoms with Gasteiger partial charge in [0.15, 0.2) is 0 Å². The van der Waals surface area contributed by atoms with Crippen molar-refractivity contribution in [1.29, 1.82) is 0 Å². The second-order valence-electron chi connectivity index (χ2n) is 3.27. The fourth-order valence-electron chi connectivity index (χ4n) is 1.48. The van der Waals surface area contributed by atoms with Crippen LogP contribution in [0.1, 0.15) is 6.92 Å². The van der Waals surface area contributed by atoms with Crippen LogP contribution in [0.2, 0.25) is 0 Å². The number of piperazine rings is 1. The minimum absolute atomic E-state index is 0. The van der Waals surface area contributed by atoms with Crippen LogP contribution in [0, 0.1) is 0 Å². The lowest BCUT2D eigenvalue weighted by atomic mass is 10.3. The summed E-state index contributed by atoms with van der Waals surface area (Å²) in [6, 6.07) is 0. The monoisotopic (exact) mass is 251 g/mol. The number of carbonyl (C=O) groups is 2. The summed E-state index contributed by atoms with van der Waals surface area (Å²) in [5.41, 5.74) is 5.25. The summed E-state index contributed by atoms with van der Waals surface area (Å²) < 4.78 is 4.86. The lowest BCUT2D eigenvalue weighted by Crippen LogP contribution is -2.52. The third-order valence-corrected chi connectivity index (χ3v) is 2.33. The predicted octanol–water partition coefficient (Wildman–Crippen LogP) is -0.332. The molecule has 0 unspecified atom stereocenters. The number of nitrogens with two attached hydrogens (primary N) is 1. The quantitative estimate of drug-likeness (QED) is 0.729. The zero-order valence-electron chi connectivity index (χ0n) is 9.35. The Kier molecular flexibility index (Phi) is 6.83. The number of amides is 2. The number of carbonyl (C=O) groups excluding carboxylic acids is 2. The van der Waals surface area contributed by atoms with Crippen LogP contribution >= 0.6 is 12.4 Å². The number of hydrogen-bond acceptors (Lipinski definition) is 4. The summed E-state index contributed by atoms with van der Waals surface area (Å²) in [6.07, 6.45) is -0.308. The number of nitrogens with zero attached hydrogens (tertiary/aromatic N) is 2. The van der Waals surface area contributed by atoms with Crippen molar-refractivity contribution in [2.24, 2.45) is 5.73 Å². The van der Waals surface area contributed by atoms with Crippen molar-refractivity contribution in [2.45, 2.75) is 6.92 Å². The summed E-state index contributed by atoms with van der Waals surface area (Å²) >= 11 is 0. The first-order valence-corrected chi connectivity index (χ1v) is 5.08. The molecule has 0 atom stereocenters. The van der Waals surface area contributed by atoms with Crippen molar-refractivity contribution in [2.75, 3.05) is 39.3 Å². The summed E-state index contributed by atoms with van der Waals surface area (Å²) in [5.74, 6) is -0.0708. The van der Waals surface area contributed by atoms with Gasteiger partial charge in [-0.25, -0.2) is 4.79 Å². The van der Waals surface area contributed by atoms with E-state index in [0.717, 1.165) is 0 Å². The number of hydrogen-bond donors (Lipinski definition) is 1. The largest absolute Gasteiger partial charge is 0.450 e. The van der Waals surface area contributed by atoms with E-state index in [9.17, 15) is 9.59 Å². The minimum Gasteiger partial charge on any atom is -0.450 e. The molecule has 0 saturated carbocycles. The van der Waals surface area contributed by atoms with E-state index in [0.29, 0.717) is 32.8 Å². The lowest BCUT2D eigenvalue weighted by Gasteiger charge is -2.33. The van der Waals surface area contributed by atoms with Crippen LogP contribution in [0.25, 0.3) is 0 Å². The van der Waals surface area contributed by atoms with E-state index in [1.807, 2.05) is 0 Å². The van der Waals surface area contributed by atoms with Crippen LogP contribution < -0.4 is 5.73 Å². The van der Waals surface area contributed by atoms with Crippen LogP contribution in [-0.2, 0) is 9.53 Å². The molecule has 16 heavy (non-hydrogen) atoms. The van der Waals surface area contributed by atoms with E-state index >= 15 is 0 Å². The first kappa shape index (κ1) is 15.0. The molecule has 0 aliphatic carbocycles. The summed E-state index contributed by atoms with van der Waals surface area (Å²) in [5, 5.41) is 0. The molecule has 94 valence electrons. The van der Waals surface area contributed by atoms with E-state index in [-0.39, 0.29) is 31.0 Å². The van der Waals surface area contributed by atoms with Crippen molar-refractivity contribution < 1.29 is 14.3 Å². The molecular formula is C9H18ClN3O3. The van der Waals surface area contributed by atoms with Gasteiger partial charge >= 0.3 is 6.09 Å². The molecule has 0 spiro atoms. The van der Waals surface area contributed by atoms with Crippen molar-refractivity contribution in [3.05, 3.63) is 0 Å². The molecule has 0 aromatic rings. The minimum atomic E-state index is -0.308. The molecule has 1 saturated heterocycles. The standard InChI is InChI=1S/C9H17N3O3.ClH/c1-2-15-9(14)12-5-3-11(4-6-12)8(13)7-10;/h2-7,10H2,1H3;1H. The van der Waals surface area contributed by atoms with Gasteiger partial charge in [0.2, 0.25) is 5.91 Å². The van der Waals surface area contributed by atoms with Crippen LogP contribution in [-0.4, -0.2) is 61.1 Å². The van der Waals surface area contributed by atoms with Crippen molar-refractivity contribution in [3.63, 3.8) is 0 Å². The van der Waals surface area contributed by atoms with Gasteiger partial charge in [-0.2, -0.15) is 0 Å². The highest BCUT2D eigenvalue weighted by Gasteiger charge is 2.23. The van der Waals surface area contributed by atoms with Crippen molar-refractivity contribution >= 4 is 24.4 Å². The molecular weight excluding hydrogens is 234 g/mol. The van der Waals surface area contributed by atoms with E-state index in [2.05, 4.69) is 0 Å². The second-order valence-corrected chi connectivity index (χ2v) is 3.27. The number of halogens is 1. The maximum atomic E-state index is 11.3. The Morgan fingerprint density at radius 1 is 1.19 bits per heavy atom. The molecule has 7 heteroatoms. The van der Waals surface area contributed by atoms with Gasteiger partial charge in [0.25, 0.3) is 0 Å². The highest BCUT2D eigenvalue weighted by atomic mass is 35.5. The molecule has 0 radical (unpaired) electrons. The van der Waals surface area contributed by atoms with Gasteiger partial charge in [-0.15, -0.1) is 12.4 Å². The Bertz CT molecular complexity index is 242. The molecule has 0 bridgehead atoms. The van der Waals surface area contributed by atoms with Gasteiger partial charge in [-0.3, -0.25) is 4.79 Å². The van der Waals surface area contributed by atoms with Crippen molar-refractivity contribution in [1.82, 2.24) is 9.80 Å². The normalized spacial score (nSPS) is 15.4. The molecule has 2 N–H and O–H groups in total. The molecule has 1 rings (SSSR count). The van der Waals surface area contributed by atoms with Gasteiger partial charge in [0.05, 0.1) is 13.2 Å². The average Bonchev–Trinajstić information content (AvgIpc) is 2.28. The van der Waals surface area contributed by atoms with Crippen LogP contribution in [0.3, 0.4) is 0 Å². The molecule has 1 aliphatic rings. The first-order chi connectivity index (χ1) is 7.19. The van der Waals surface area contributed by atoms with Crippen LogP contribution in [0.4, 0.5) is 4.79 Å². The SMILES string of the molecule is CCOC(=O)N1CCN(C(=O)CN)CC1.Cl. The van der Waals surface area contributed by atoms with E-state index < -0.39 is 0 Å². The number of ether oxygens (including phenoxy) is 1. The zero-order valence-corrected chi connectivity index (χ0v) is 10.2. The fourth-order valence-corrected chi connectivity index (χ4v) is 1.48. The molecule has 6 nitrogen and oxygen atoms in total. The van der Waals surface area contributed by atoms with Gasteiger partial charge in [0.1, 0.15) is 0 Å². The molecule has 1 aliphatic heterocycles. The summed E-state index contributed by atoms with van der Waals surface area (Å²) in [6.45, 7) is 4.28. The zero-order chi connectivity index (χ0) is 11.3. The smallest absolute Gasteiger partial charge is 0.409 e. The number of rotatable bonds is 2. The summed E-state index contributed by atoms with van der Waals surface area (Å²) in [7, 11) is 0. The Balaban J connectivity index is 0.00000225. The van der Waals surface area contributed by atoms with Crippen LogP contribution in [0.15, 0.2) is 0 Å². The third kappa shape index (κ3) is 3.86. The molecule has 2 amide bonds. The molecule has 1 fully saturated rings. The Hall–Kier alpha value is -1.01.